The van der Waals surface area contributed by atoms with Crippen LogP contribution < -0.4 is 4.72 Å². The van der Waals surface area contributed by atoms with E-state index in [-0.39, 0.29) is 17.6 Å². The minimum atomic E-state index is -3.66. The van der Waals surface area contributed by atoms with Crippen LogP contribution in [0.25, 0.3) is 0 Å². The average molecular weight is 451 g/mol. The smallest absolute Gasteiger partial charge is 0.238 e. The molecular weight excluding hydrogens is 420 g/mol. The van der Waals surface area contributed by atoms with Gasteiger partial charge in [0.15, 0.2) is 5.78 Å². The Morgan fingerprint density at radius 2 is 1.75 bits per heavy atom. The molecular formula is C26H30N2O3S. The molecule has 4 rings (SSSR count). The minimum Gasteiger partial charge on any atom is -0.347 e. The number of nitrogens with one attached hydrogen (secondary N) is 1. The van der Waals surface area contributed by atoms with Crippen molar-refractivity contribution in [3.05, 3.63) is 93.2 Å². The molecule has 0 aromatic heterocycles. The molecule has 0 spiro atoms. The summed E-state index contributed by atoms with van der Waals surface area (Å²) in [7, 11) is -2.22. The quantitative estimate of drug-likeness (QED) is 0.705. The molecule has 2 aliphatic rings. The predicted octanol–water partition coefficient (Wildman–Crippen LogP) is 4.47. The van der Waals surface area contributed by atoms with Crippen LogP contribution in [0.5, 0.6) is 0 Å². The maximum atomic E-state index is 13.1. The SMILES string of the molecule is CNS(=O)(=O)C1=C(C)N(Cc2ccccc2)C=CC1CC1Cc2cc(C)c(C)cc2C1=O. The molecule has 0 saturated carbocycles. The lowest BCUT2D eigenvalue weighted by Crippen LogP contribution is -2.32. The number of Topliss-reactive ketones (excluding diaryl/α,β-unsaturated/α-hetero) is 1. The number of sulfonamides is 1. The van der Waals surface area contributed by atoms with Gasteiger partial charge in [-0.2, -0.15) is 0 Å². The molecule has 0 amide bonds. The Balaban J connectivity index is 1.62. The maximum absolute atomic E-state index is 13.1. The van der Waals surface area contributed by atoms with Gasteiger partial charge in [0.05, 0.1) is 4.91 Å². The van der Waals surface area contributed by atoms with E-state index >= 15 is 0 Å². The Bertz CT molecular complexity index is 1210. The first-order chi connectivity index (χ1) is 15.2. The summed E-state index contributed by atoms with van der Waals surface area (Å²) < 4.78 is 28.5. The van der Waals surface area contributed by atoms with E-state index in [0.29, 0.717) is 30.0 Å². The van der Waals surface area contributed by atoms with E-state index in [9.17, 15) is 13.2 Å². The first-order valence-electron chi connectivity index (χ1n) is 11.0. The first kappa shape index (κ1) is 22.5. The molecule has 1 N–H and O–H groups in total. The molecule has 32 heavy (non-hydrogen) atoms. The van der Waals surface area contributed by atoms with Crippen LogP contribution in [0.3, 0.4) is 0 Å². The number of allylic oxidation sites excluding steroid dienone is 3. The largest absolute Gasteiger partial charge is 0.347 e. The zero-order valence-electron chi connectivity index (χ0n) is 19.1. The number of fused-ring (bicyclic) bond motifs is 1. The molecule has 1 aliphatic heterocycles. The molecule has 6 heteroatoms. The van der Waals surface area contributed by atoms with Gasteiger partial charge < -0.3 is 4.90 Å². The Morgan fingerprint density at radius 3 is 2.44 bits per heavy atom. The van der Waals surface area contributed by atoms with Crippen LogP contribution >= 0.6 is 0 Å². The fourth-order valence-corrected chi connectivity index (χ4v) is 6.11. The Kier molecular flexibility index (Phi) is 6.10. The van der Waals surface area contributed by atoms with Crippen LogP contribution in [0.4, 0.5) is 0 Å². The third-order valence-electron chi connectivity index (χ3n) is 6.74. The summed E-state index contributed by atoms with van der Waals surface area (Å²) in [6, 6.07) is 14.1. The second kappa shape index (κ2) is 8.68. The minimum absolute atomic E-state index is 0.127. The van der Waals surface area contributed by atoms with Gasteiger partial charge >= 0.3 is 0 Å². The van der Waals surface area contributed by atoms with Crippen molar-refractivity contribution < 1.29 is 13.2 Å². The standard InChI is InChI=1S/C26H30N2O3S/c1-17-12-22-15-23(25(29)24(22)13-18(17)2)14-21-10-11-28(16-20-8-6-5-7-9-20)19(3)26(21)32(30,31)27-4/h5-13,21,23,27H,14-16H2,1-4H3. The Labute approximate surface area is 190 Å². The van der Waals surface area contributed by atoms with Crippen LogP contribution in [0.1, 0.15) is 46.0 Å². The summed E-state index contributed by atoms with van der Waals surface area (Å²) in [5.41, 5.74) is 5.96. The number of rotatable bonds is 6. The fraction of sp³-hybridized carbons (Fsp3) is 0.346. The average Bonchev–Trinajstić information content (AvgIpc) is 3.05. The number of carbonyl (C=O) groups excluding carboxylic acids is 1. The third-order valence-corrected chi connectivity index (χ3v) is 8.45. The molecule has 0 saturated heterocycles. The molecule has 5 nitrogen and oxygen atoms in total. The highest BCUT2D eigenvalue weighted by atomic mass is 32.2. The molecule has 1 aliphatic carbocycles. The van der Waals surface area contributed by atoms with Crippen LogP contribution in [0.2, 0.25) is 0 Å². The molecule has 0 fully saturated rings. The van der Waals surface area contributed by atoms with Gasteiger partial charge in [0.1, 0.15) is 0 Å². The monoisotopic (exact) mass is 450 g/mol. The van der Waals surface area contributed by atoms with Gasteiger partial charge in [0, 0.05) is 35.8 Å². The van der Waals surface area contributed by atoms with Crippen molar-refractivity contribution in [1.82, 2.24) is 9.62 Å². The van der Waals surface area contributed by atoms with E-state index < -0.39 is 10.0 Å². The summed E-state index contributed by atoms with van der Waals surface area (Å²) >= 11 is 0. The van der Waals surface area contributed by atoms with Crippen LogP contribution in [0, 0.1) is 25.7 Å². The summed E-state index contributed by atoms with van der Waals surface area (Å²) in [5, 5.41) is 0. The van der Waals surface area contributed by atoms with Gasteiger partial charge in [0.2, 0.25) is 10.0 Å². The van der Waals surface area contributed by atoms with Gasteiger partial charge in [-0.1, -0.05) is 42.5 Å². The van der Waals surface area contributed by atoms with E-state index in [1.165, 1.54) is 12.6 Å². The molecule has 0 radical (unpaired) electrons. The molecule has 2 aromatic carbocycles. The lowest BCUT2D eigenvalue weighted by Gasteiger charge is -2.32. The lowest BCUT2D eigenvalue weighted by molar-refractivity contribution is 0.0925. The number of ketones is 1. The van der Waals surface area contributed by atoms with Crippen molar-refractivity contribution in [1.29, 1.82) is 0 Å². The van der Waals surface area contributed by atoms with Crippen LogP contribution in [-0.2, 0) is 23.0 Å². The predicted molar refractivity (Wildman–Crippen MR) is 127 cm³/mol. The maximum Gasteiger partial charge on any atom is 0.238 e. The van der Waals surface area contributed by atoms with Crippen LogP contribution in [-0.4, -0.2) is 26.1 Å². The van der Waals surface area contributed by atoms with Crippen LogP contribution in [0.15, 0.2) is 65.3 Å². The van der Waals surface area contributed by atoms with Gasteiger partial charge in [-0.05, 0) is 69.0 Å². The van der Waals surface area contributed by atoms with E-state index in [4.69, 9.17) is 0 Å². The summed E-state index contributed by atoms with van der Waals surface area (Å²) in [5.74, 6) is -0.427. The molecule has 2 atom stereocenters. The number of hydrogen-bond acceptors (Lipinski definition) is 4. The van der Waals surface area contributed by atoms with Crippen molar-refractivity contribution >= 4 is 15.8 Å². The van der Waals surface area contributed by atoms with Gasteiger partial charge in [-0.25, -0.2) is 13.1 Å². The lowest BCUT2D eigenvalue weighted by atomic mass is 9.89. The topological polar surface area (TPSA) is 66.5 Å². The van der Waals surface area contributed by atoms with Crippen molar-refractivity contribution in [2.45, 2.75) is 40.2 Å². The van der Waals surface area contributed by atoms with Crippen molar-refractivity contribution in [3.63, 3.8) is 0 Å². The number of aryl methyl sites for hydroxylation is 2. The highest BCUT2D eigenvalue weighted by molar-refractivity contribution is 7.93. The zero-order valence-corrected chi connectivity index (χ0v) is 19.9. The number of benzene rings is 2. The molecule has 168 valence electrons. The normalized spacial score (nSPS) is 20.8. The van der Waals surface area contributed by atoms with E-state index in [1.54, 1.807) is 0 Å². The van der Waals surface area contributed by atoms with Crippen molar-refractivity contribution in [2.75, 3.05) is 7.05 Å². The Hall–Kier alpha value is -2.70. The zero-order chi connectivity index (χ0) is 23.0. The number of nitrogens with zero attached hydrogens (tertiary/aromatic N) is 1. The number of carbonyl (C=O) groups is 1. The molecule has 0 bridgehead atoms. The third kappa shape index (κ3) is 4.17. The summed E-state index contributed by atoms with van der Waals surface area (Å²) in [6.45, 7) is 6.51. The van der Waals surface area contributed by atoms with E-state index in [2.05, 4.69) is 17.7 Å². The van der Waals surface area contributed by atoms with E-state index in [0.717, 1.165) is 22.3 Å². The second-order valence-electron chi connectivity index (χ2n) is 8.81. The molecule has 2 unspecified atom stereocenters. The van der Waals surface area contributed by atoms with Gasteiger partial charge in [-0.3, -0.25) is 4.79 Å². The summed E-state index contributed by atoms with van der Waals surface area (Å²) in [4.78, 5) is 15.5. The summed E-state index contributed by atoms with van der Waals surface area (Å²) in [6.07, 6.45) is 5.05. The van der Waals surface area contributed by atoms with Gasteiger partial charge in [-0.15, -0.1) is 0 Å². The highest BCUT2D eigenvalue weighted by Gasteiger charge is 2.37. The second-order valence-corrected chi connectivity index (χ2v) is 10.7. The highest BCUT2D eigenvalue weighted by Crippen LogP contribution is 2.38. The van der Waals surface area contributed by atoms with E-state index in [1.807, 2.05) is 67.4 Å². The fourth-order valence-electron chi connectivity index (χ4n) is 4.81. The molecule has 1 heterocycles. The molecule has 2 aromatic rings. The first-order valence-corrected chi connectivity index (χ1v) is 12.5. The van der Waals surface area contributed by atoms with Gasteiger partial charge in [0.25, 0.3) is 0 Å². The Morgan fingerprint density at radius 1 is 1.06 bits per heavy atom. The van der Waals surface area contributed by atoms with Crippen molar-refractivity contribution in [2.24, 2.45) is 11.8 Å². The van der Waals surface area contributed by atoms with Crippen molar-refractivity contribution in [3.8, 4) is 0 Å². The number of hydrogen-bond donors (Lipinski definition) is 1.